The fourth-order valence-corrected chi connectivity index (χ4v) is 3.22. The number of nitro groups is 1. The van der Waals surface area contributed by atoms with E-state index >= 15 is 0 Å². The first-order chi connectivity index (χ1) is 12.7. The van der Waals surface area contributed by atoms with E-state index in [-0.39, 0.29) is 11.2 Å². The van der Waals surface area contributed by atoms with Crippen LogP contribution in [0.25, 0.3) is 5.57 Å². The van der Waals surface area contributed by atoms with Gasteiger partial charge in [-0.15, -0.1) is 0 Å². The summed E-state index contributed by atoms with van der Waals surface area (Å²) in [4.78, 5) is 16.3. The van der Waals surface area contributed by atoms with E-state index in [0.29, 0.717) is 10.8 Å². The van der Waals surface area contributed by atoms with Crippen molar-refractivity contribution in [2.45, 2.75) is 26.3 Å². The highest BCUT2D eigenvalue weighted by Crippen LogP contribution is 2.40. The Hall–Kier alpha value is -2.93. The maximum atomic E-state index is 10.6. The number of nitrogens with one attached hydrogen (secondary N) is 1. The molecule has 0 radical (unpaired) electrons. The Morgan fingerprint density at radius 3 is 2.74 bits per heavy atom. The normalized spacial score (nSPS) is 15.4. The van der Waals surface area contributed by atoms with Crippen LogP contribution in [0.15, 0.2) is 41.6 Å². The van der Waals surface area contributed by atoms with Crippen molar-refractivity contribution >= 4 is 40.6 Å². The van der Waals surface area contributed by atoms with E-state index in [1.807, 2.05) is 19.2 Å². The van der Waals surface area contributed by atoms with Crippen molar-refractivity contribution in [3.8, 4) is 0 Å². The first kappa shape index (κ1) is 18.8. The Labute approximate surface area is 162 Å². The lowest BCUT2D eigenvalue weighted by molar-refractivity contribution is -0.385. The van der Waals surface area contributed by atoms with Crippen molar-refractivity contribution in [1.82, 2.24) is 4.98 Å². The minimum Gasteiger partial charge on any atom is -0.365 e. The lowest BCUT2D eigenvalue weighted by atomic mass is 9.88. The molecule has 0 bridgehead atoms. The molecule has 1 N–H and O–H groups in total. The third-order valence-electron chi connectivity index (χ3n) is 4.68. The van der Waals surface area contributed by atoms with Gasteiger partial charge in [0.15, 0.2) is 0 Å². The van der Waals surface area contributed by atoms with Crippen LogP contribution >= 0.6 is 11.6 Å². The van der Waals surface area contributed by atoms with Gasteiger partial charge in [-0.25, -0.2) is 4.98 Å². The number of hydrazone groups is 1. The summed E-state index contributed by atoms with van der Waals surface area (Å²) in [7, 11) is 2.05. The molecule has 0 saturated heterocycles. The number of aromatic nitrogens is 1. The SMILES string of the molecule is CC1=CC(C)(C)N(C)c2cc(Cl)c(/C=N\Nc3ccc([N+](=O)[O-])cn3)cc21. The molecule has 140 valence electrons. The van der Waals surface area contributed by atoms with E-state index in [1.54, 1.807) is 6.21 Å². The zero-order valence-corrected chi connectivity index (χ0v) is 16.3. The summed E-state index contributed by atoms with van der Waals surface area (Å²) in [6.07, 6.45) is 5.01. The van der Waals surface area contributed by atoms with Gasteiger partial charge in [0.2, 0.25) is 0 Å². The van der Waals surface area contributed by atoms with Crippen LogP contribution in [-0.4, -0.2) is 28.7 Å². The molecule has 8 heteroatoms. The molecule has 0 fully saturated rings. The number of rotatable bonds is 4. The second-order valence-electron chi connectivity index (χ2n) is 6.96. The molecule has 0 unspecified atom stereocenters. The number of hydrogen-bond donors (Lipinski definition) is 1. The largest absolute Gasteiger partial charge is 0.365 e. The fraction of sp³-hybridized carbons (Fsp3) is 0.263. The van der Waals surface area contributed by atoms with Crippen molar-refractivity contribution in [2.24, 2.45) is 5.10 Å². The Balaban J connectivity index is 1.83. The summed E-state index contributed by atoms with van der Waals surface area (Å²) in [5.41, 5.74) is 6.73. The van der Waals surface area contributed by atoms with E-state index in [0.717, 1.165) is 16.8 Å². The van der Waals surface area contributed by atoms with Crippen LogP contribution in [-0.2, 0) is 0 Å². The van der Waals surface area contributed by atoms with Crippen LogP contribution in [0.3, 0.4) is 0 Å². The third-order valence-corrected chi connectivity index (χ3v) is 5.00. The number of hydrogen-bond acceptors (Lipinski definition) is 6. The minimum atomic E-state index is -0.499. The molecule has 1 aromatic carbocycles. The minimum absolute atomic E-state index is 0.0726. The molecule has 0 amide bonds. The molecule has 2 aromatic rings. The molecular weight excluding hydrogens is 366 g/mol. The third kappa shape index (κ3) is 3.78. The number of halogens is 1. The summed E-state index contributed by atoms with van der Waals surface area (Å²) in [6.45, 7) is 6.40. The van der Waals surface area contributed by atoms with Gasteiger partial charge in [-0.1, -0.05) is 17.7 Å². The highest BCUT2D eigenvalue weighted by atomic mass is 35.5. The molecule has 1 aliphatic rings. The number of pyridine rings is 1. The van der Waals surface area contributed by atoms with Crippen LogP contribution in [0.4, 0.5) is 17.2 Å². The van der Waals surface area contributed by atoms with Crippen molar-refractivity contribution in [3.05, 3.63) is 62.8 Å². The number of fused-ring (bicyclic) bond motifs is 1. The first-order valence-corrected chi connectivity index (χ1v) is 8.73. The molecule has 0 atom stereocenters. The molecule has 0 spiro atoms. The molecule has 27 heavy (non-hydrogen) atoms. The Morgan fingerprint density at radius 2 is 2.11 bits per heavy atom. The number of benzene rings is 1. The van der Waals surface area contributed by atoms with Crippen molar-refractivity contribution in [2.75, 3.05) is 17.4 Å². The van der Waals surface area contributed by atoms with Crippen LogP contribution in [0, 0.1) is 10.1 Å². The second kappa shape index (κ2) is 7.00. The number of anilines is 2. The quantitative estimate of drug-likeness (QED) is 0.467. The van der Waals surface area contributed by atoms with Crippen molar-refractivity contribution in [3.63, 3.8) is 0 Å². The van der Waals surface area contributed by atoms with Crippen LogP contribution in [0.1, 0.15) is 31.9 Å². The zero-order chi connectivity index (χ0) is 19.8. The van der Waals surface area contributed by atoms with E-state index < -0.39 is 4.92 Å². The monoisotopic (exact) mass is 385 g/mol. The molecule has 2 heterocycles. The lowest BCUT2D eigenvalue weighted by Crippen LogP contribution is -2.42. The van der Waals surface area contributed by atoms with Gasteiger partial charge in [-0.2, -0.15) is 5.10 Å². The Kier molecular flexibility index (Phi) is 4.89. The van der Waals surface area contributed by atoms with Crippen LogP contribution in [0.5, 0.6) is 0 Å². The first-order valence-electron chi connectivity index (χ1n) is 8.36. The molecule has 0 saturated carbocycles. The number of likely N-dealkylation sites (N-methyl/N-ethyl adjacent to an activating group) is 1. The van der Waals surface area contributed by atoms with E-state index in [9.17, 15) is 10.1 Å². The second-order valence-corrected chi connectivity index (χ2v) is 7.37. The smallest absolute Gasteiger partial charge is 0.287 e. The van der Waals surface area contributed by atoms with Crippen LogP contribution < -0.4 is 10.3 Å². The van der Waals surface area contributed by atoms with Gasteiger partial charge in [0.05, 0.1) is 21.7 Å². The average molecular weight is 386 g/mol. The summed E-state index contributed by atoms with van der Waals surface area (Å²) >= 11 is 6.45. The van der Waals surface area contributed by atoms with Gasteiger partial charge in [-0.3, -0.25) is 15.5 Å². The van der Waals surface area contributed by atoms with Gasteiger partial charge in [0.1, 0.15) is 12.0 Å². The van der Waals surface area contributed by atoms with Crippen LogP contribution in [0.2, 0.25) is 5.02 Å². The molecule has 3 rings (SSSR count). The molecule has 1 aliphatic heterocycles. The van der Waals surface area contributed by atoms with E-state index in [1.165, 1.54) is 23.9 Å². The standard InChI is InChI=1S/C19H20ClN5O2/c1-12-9-19(2,3)24(4)17-8-16(20)13(7-15(12)17)10-22-23-18-6-5-14(11-21-18)25(26)27/h5-11H,1-4H3,(H,21,23)/b22-10-. The molecular formula is C19H20ClN5O2. The molecule has 1 aromatic heterocycles. The van der Waals surface area contributed by atoms with Crippen molar-refractivity contribution < 1.29 is 4.92 Å². The fourth-order valence-electron chi connectivity index (χ4n) is 3.01. The summed E-state index contributed by atoms with van der Waals surface area (Å²) in [5, 5.41) is 15.4. The maximum absolute atomic E-state index is 10.6. The van der Waals surface area contributed by atoms with Gasteiger partial charge in [0, 0.05) is 29.9 Å². The van der Waals surface area contributed by atoms with E-state index in [2.05, 4.69) is 47.3 Å². The number of nitrogens with zero attached hydrogens (tertiary/aromatic N) is 4. The lowest BCUT2D eigenvalue weighted by Gasteiger charge is -2.40. The maximum Gasteiger partial charge on any atom is 0.287 e. The average Bonchev–Trinajstić information content (AvgIpc) is 2.61. The summed E-state index contributed by atoms with van der Waals surface area (Å²) in [5.74, 6) is 0.406. The topological polar surface area (TPSA) is 83.7 Å². The van der Waals surface area contributed by atoms with E-state index in [4.69, 9.17) is 11.6 Å². The molecule has 0 aliphatic carbocycles. The summed E-state index contributed by atoms with van der Waals surface area (Å²) in [6, 6.07) is 6.81. The predicted molar refractivity (Wildman–Crippen MR) is 110 cm³/mol. The Morgan fingerprint density at radius 1 is 1.37 bits per heavy atom. The highest BCUT2D eigenvalue weighted by molar-refractivity contribution is 6.33. The Bertz CT molecular complexity index is 951. The van der Waals surface area contributed by atoms with Gasteiger partial charge < -0.3 is 4.90 Å². The van der Waals surface area contributed by atoms with Gasteiger partial charge in [0.25, 0.3) is 5.69 Å². The van der Waals surface area contributed by atoms with Crippen molar-refractivity contribution in [1.29, 1.82) is 0 Å². The highest BCUT2D eigenvalue weighted by Gasteiger charge is 2.29. The van der Waals surface area contributed by atoms with Gasteiger partial charge in [-0.05, 0) is 44.5 Å². The molecule has 7 nitrogen and oxygen atoms in total. The number of allylic oxidation sites excluding steroid dienone is 1. The summed E-state index contributed by atoms with van der Waals surface area (Å²) < 4.78 is 0. The zero-order valence-electron chi connectivity index (χ0n) is 15.5. The predicted octanol–water partition coefficient (Wildman–Crippen LogP) is 4.72. The van der Waals surface area contributed by atoms with Gasteiger partial charge >= 0.3 is 0 Å².